The smallest absolute Gasteiger partial charge is 0.104 e. The van der Waals surface area contributed by atoms with Crippen molar-refractivity contribution in [2.24, 2.45) is 4.99 Å². The third kappa shape index (κ3) is 3.82. The summed E-state index contributed by atoms with van der Waals surface area (Å²) in [6.45, 7) is 2.15. The zero-order valence-corrected chi connectivity index (χ0v) is 12.5. The molecule has 0 bridgehead atoms. The Balaban J connectivity index is 2.09. The molecular weight excluding hydrogens is 232 g/mol. The van der Waals surface area contributed by atoms with E-state index in [1.54, 1.807) is 0 Å². The first-order valence-electron chi connectivity index (χ1n) is 7.55. The summed E-state index contributed by atoms with van der Waals surface area (Å²) in [5.41, 5.74) is 2.58. The molecule has 0 atom stereocenters. The Morgan fingerprint density at radius 3 is 2.26 bits per heavy atom. The first kappa shape index (κ1) is 14.1. The van der Waals surface area contributed by atoms with Gasteiger partial charge < -0.3 is 4.90 Å². The second-order valence-corrected chi connectivity index (χ2v) is 5.70. The van der Waals surface area contributed by atoms with Crippen molar-refractivity contribution >= 4 is 11.5 Å². The molecule has 104 valence electrons. The number of hydrogen-bond donors (Lipinski definition) is 0. The van der Waals surface area contributed by atoms with Crippen LogP contribution in [0, 0.1) is 0 Å². The van der Waals surface area contributed by atoms with E-state index in [0.717, 1.165) is 23.9 Å². The van der Waals surface area contributed by atoms with Gasteiger partial charge in [0, 0.05) is 20.5 Å². The molecule has 1 fully saturated rings. The van der Waals surface area contributed by atoms with E-state index in [9.17, 15) is 0 Å². The van der Waals surface area contributed by atoms with Gasteiger partial charge >= 0.3 is 0 Å². The van der Waals surface area contributed by atoms with Gasteiger partial charge in [-0.3, -0.25) is 0 Å². The molecule has 0 unspecified atom stereocenters. The van der Waals surface area contributed by atoms with Gasteiger partial charge in [0.1, 0.15) is 5.84 Å². The van der Waals surface area contributed by atoms with Crippen LogP contribution in [0.3, 0.4) is 0 Å². The molecule has 2 heteroatoms. The van der Waals surface area contributed by atoms with E-state index >= 15 is 0 Å². The Morgan fingerprint density at radius 2 is 1.74 bits per heavy atom. The molecule has 1 aromatic rings. The van der Waals surface area contributed by atoms with Gasteiger partial charge in [-0.2, -0.15) is 0 Å². The van der Waals surface area contributed by atoms with Gasteiger partial charge in [-0.15, -0.1) is 0 Å². The number of benzene rings is 1. The van der Waals surface area contributed by atoms with Crippen LogP contribution < -0.4 is 0 Å². The van der Waals surface area contributed by atoms with Crippen molar-refractivity contribution in [1.29, 1.82) is 0 Å². The van der Waals surface area contributed by atoms with Crippen LogP contribution in [0.4, 0.5) is 5.69 Å². The maximum Gasteiger partial charge on any atom is 0.104 e. The predicted octanol–water partition coefficient (Wildman–Crippen LogP) is 4.74. The van der Waals surface area contributed by atoms with Crippen molar-refractivity contribution in [3.8, 4) is 0 Å². The molecule has 0 aliphatic heterocycles. The number of aliphatic imine (C=N–C) groups is 1. The standard InChI is InChI=1S/C17H26N2/c1-4-17(19(2)3)18-16-12-10-15(11-13-16)14-8-6-5-7-9-14/h10-14H,4-9H2,1-3H3/b18-17-. The summed E-state index contributed by atoms with van der Waals surface area (Å²) in [7, 11) is 4.11. The molecule has 0 amide bonds. The monoisotopic (exact) mass is 258 g/mol. The minimum atomic E-state index is 0.784. The summed E-state index contributed by atoms with van der Waals surface area (Å²) < 4.78 is 0. The van der Waals surface area contributed by atoms with E-state index in [2.05, 4.69) is 50.2 Å². The highest BCUT2D eigenvalue weighted by molar-refractivity contribution is 5.84. The summed E-state index contributed by atoms with van der Waals surface area (Å²) in [6, 6.07) is 8.89. The summed E-state index contributed by atoms with van der Waals surface area (Å²) in [4.78, 5) is 6.80. The van der Waals surface area contributed by atoms with Gasteiger partial charge in [-0.25, -0.2) is 4.99 Å². The molecule has 1 aromatic carbocycles. The predicted molar refractivity (Wildman–Crippen MR) is 83.3 cm³/mol. The number of nitrogens with zero attached hydrogens (tertiary/aromatic N) is 2. The highest BCUT2D eigenvalue weighted by atomic mass is 15.1. The van der Waals surface area contributed by atoms with Crippen LogP contribution in [0.15, 0.2) is 29.3 Å². The Bertz CT molecular complexity index is 411. The summed E-state index contributed by atoms with van der Waals surface area (Å²) in [6.07, 6.45) is 7.90. The van der Waals surface area contributed by atoms with Crippen LogP contribution in [0.25, 0.3) is 0 Å². The van der Waals surface area contributed by atoms with Crippen molar-refractivity contribution in [3.63, 3.8) is 0 Å². The van der Waals surface area contributed by atoms with Crippen LogP contribution in [-0.2, 0) is 0 Å². The maximum atomic E-state index is 4.71. The largest absolute Gasteiger partial charge is 0.366 e. The lowest BCUT2D eigenvalue weighted by molar-refractivity contribution is 0.443. The third-order valence-corrected chi connectivity index (χ3v) is 4.06. The average Bonchev–Trinajstić information content (AvgIpc) is 2.46. The lowest BCUT2D eigenvalue weighted by Gasteiger charge is -2.22. The quantitative estimate of drug-likeness (QED) is 0.565. The minimum absolute atomic E-state index is 0.784. The molecule has 0 radical (unpaired) electrons. The summed E-state index contributed by atoms with van der Waals surface area (Å²) >= 11 is 0. The molecule has 2 rings (SSSR count). The van der Waals surface area contributed by atoms with Gasteiger partial charge in [0.2, 0.25) is 0 Å². The minimum Gasteiger partial charge on any atom is -0.366 e. The van der Waals surface area contributed by atoms with E-state index in [4.69, 9.17) is 4.99 Å². The maximum absolute atomic E-state index is 4.71. The molecule has 0 saturated heterocycles. The lowest BCUT2D eigenvalue weighted by atomic mass is 9.84. The first-order valence-corrected chi connectivity index (χ1v) is 7.55. The van der Waals surface area contributed by atoms with Crippen molar-refractivity contribution < 1.29 is 0 Å². The zero-order valence-electron chi connectivity index (χ0n) is 12.5. The number of amidine groups is 1. The highest BCUT2D eigenvalue weighted by Crippen LogP contribution is 2.33. The van der Waals surface area contributed by atoms with E-state index < -0.39 is 0 Å². The molecule has 1 aliphatic rings. The normalized spacial score (nSPS) is 17.5. The van der Waals surface area contributed by atoms with Crippen LogP contribution >= 0.6 is 0 Å². The van der Waals surface area contributed by atoms with Gasteiger partial charge in [-0.05, 0) is 36.5 Å². The van der Waals surface area contributed by atoms with Gasteiger partial charge in [0.25, 0.3) is 0 Å². The topological polar surface area (TPSA) is 15.6 Å². The SMILES string of the molecule is CC/C(=N/c1ccc(C2CCCCC2)cc1)N(C)C. The fourth-order valence-electron chi connectivity index (χ4n) is 2.90. The van der Waals surface area contributed by atoms with E-state index in [0.29, 0.717) is 0 Å². The molecule has 0 aromatic heterocycles. The molecule has 1 aliphatic carbocycles. The van der Waals surface area contributed by atoms with E-state index in [1.165, 1.54) is 37.7 Å². The highest BCUT2D eigenvalue weighted by Gasteiger charge is 2.14. The number of hydrogen-bond acceptors (Lipinski definition) is 1. The van der Waals surface area contributed by atoms with Crippen LogP contribution in [0.5, 0.6) is 0 Å². The fraction of sp³-hybridized carbons (Fsp3) is 0.588. The van der Waals surface area contributed by atoms with Gasteiger partial charge in [0.05, 0.1) is 5.69 Å². The Labute approximate surface area is 117 Å². The third-order valence-electron chi connectivity index (χ3n) is 4.06. The van der Waals surface area contributed by atoms with Crippen molar-refractivity contribution in [1.82, 2.24) is 4.90 Å². The molecular formula is C17H26N2. The first-order chi connectivity index (χ1) is 9.20. The van der Waals surface area contributed by atoms with Crippen LogP contribution in [0.1, 0.15) is 56.9 Å². The Kier molecular flexibility index (Phi) is 5.00. The van der Waals surface area contributed by atoms with Gasteiger partial charge in [-0.1, -0.05) is 38.3 Å². The molecule has 1 saturated carbocycles. The molecule has 0 spiro atoms. The van der Waals surface area contributed by atoms with Crippen molar-refractivity contribution in [2.45, 2.75) is 51.4 Å². The summed E-state index contributed by atoms with van der Waals surface area (Å²) in [5.74, 6) is 1.91. The van der Waals surface area contributed by atoms with Crippen molar-refractivity contribution in [3.05, 3.63) is 29.8 Å². The second-order valence-electron chi connectivity index (χ2n) is 5.70. The molecule has 0 heterocycles. The van der Waals surface area contributed by atoms with Gasteiger partial charge in [0.15, 0.2) is 0 Å². The average molecular weight is 258 g/mol. The van der Waals surface area contributed by atoms with Crippen LogP contribution in [0.2, 0.25) is 0 Å². The van der Waals surface area contributed by atoms with Crippen LogP contribution in [-0.4, -0.2) is 24.8 Å². The van der Waals surface area contributed by atoms with E-state index in [1.807, 2.05) is 0 Å². The van der Waals surface area contributed by atoms with Crippen molar-refractivity contribution in [2.75, 3.05) is 14.1 Å². The summed E-state index contributed by atoms with van der Waals surface area (Å²) in [5, 5.41) is 0. The molecule has 0 N–H and O–H groups in total. The molecule has 2 nitrogen and oxygen atoms in total. The zero-order chi connectivity index (χ0) is 13.7. The lowest BCUT2D eigenvalue weighted by Crippen LogP contribution is -2.20. The van der Waals surface area contributed by atoms with E-state index in [-0.39, 0.29) is 0 Å². The molecule has 19 heavy (non-hydrogen) atoms. The Hall–Kier alpha value is -1.31. The Morgan fingerprint density at radius 1 is 1.11 bits per heavy atom. The number of rotatable bonds is 3. The second kappa shape index (κ2) is 6.74. The fourth-order valence-corrected chi connectivity index (χ4v) is 2.90.